The van der Waals surface area contributed by atoms with Gasteiger partial charge in [-0.2, -0.15) is 13.1 Å². The first-order chi connectivity index (χ1) is 13.0. The number of nitrogens with one attached hydrogen (secondary N) is 2. The van der Waals surface area contributed by atoms with E-state index in [1.54, 1.807) is 24.3 Å². The smallest absolute Gasteiger partial charge is 0.301 e. The lowest BCUT2D eigenvalue weighted by Crippen LogP contribution is -2.29. The van der Waals surface area contributed by atoms with Crippen LogP contribution in [0.15, 0.2) is 60.7 Å². The van der Waals surface area contributed by atoms with E-state index < -0.39 is 10.2 Å². The van der Waals surface area contributed by atoms with Gasteiger partial charge in [0.05, 0.1) is 5.69 Å². The third-order valence-electron chi connectivity index (χ3n) is 4.51. The fraction of sp³-hybridized carbons (Fsp3) is 0.105. The van der Waals surface area contributed by atoms with E-state index >= 15 is 0 Å². The van der Waals surface area contributed by atoms with Crippen LogP contribution in [0.1, 0.15) is 10.4 Å². The van der Waals surface area contributed by atoms with E-state index in [0.29, 0.717) is 35.7 Å². The number of nitrogens with two attached hydrogens (primary N) is 1. The van der Waals surface area contributed by atoms with Gasteiger partial charge in [0, 0.05) is 40.8 Å². The normalized spacial score (nSPS) is 15.8. The van der Waals surface area contributed by atoms with Gasteiger partial charge in [-0.1, -0.05) is 24.3 Å². The van der Waals surface area contributed by atoms with Gasteiger partial charge in [-0.3, -0.25) is 9.10 Å². The van der Waals surface area contributed by atoms with Crippen LogP contribution in [0.25, 0.3) is 10.8 Å². The third-order valence-corrected chi connectivity index (χ3v) is 6.05. The molecule has 3 aromatic carbocycles. The Morgan fingerprint density at radius 3 is 2.41 bits per heavy atom. The van der Waals surface area contributed by atoms with Crippen LogP contribution in [0.3, 0.4) is 0 Å². The highest BCUT2D eigenvalue weighted by Gasteiger charge is 2.27. The molecule has 0 spiro atoms. The molecule has 1 fully saturated rings. The molecule has 8 heteroatoms. The summed E-state index contributed by atoms with van der Waals surface area (Å²) in [6.45, 7) is 0.736. The number of carbonyl (C=O) groups is 1. The molecule has 0 saturated carbocycles. The Morgan fingerprint density at radius 1 is 1.00 bits per heavy atom. The molecule has 0 atom stereocenters. The van der Waals surface area contributed by atoms with Gasteiger partial charge < -0.3 is 11.1 Å². The van der Waals surface area contributed by atoms with Gasteiger partial charge in [0.15, 0.2) is 0 Å². The number of nitrogens with zero attached hydrogens (tertiary/aromatic N) is 1. The number of benzene rings is 3. The molecule has 27 heavy (non-hydrogen) atoms. The summed E-state index contributed by atoms with van der Waals surface area (Å²) < 4.78 is 27.5. The average molecular weight is 382 g/mol. The Kier molecular flexibility index (Phi) is 4.21. The van der Waals surface area contributed by atoms with Crippen LogP contribution in [-0.4, -0.2) is 27.4 Å². The Labute approximate surface area is 157 Å². The molecule has 1 heterocycles. The maximum atomic E-state index is 12.6. The summed E-state index contributed by atoms with van der Waals surface area (Å²) in [5.74, 6) is -0.279. The molecule has 0 unspecified atom stereocenters. The molecule has 0 bridgehead atoms. The van der Waals surface area contributed by atoms with Crippen LogP contribution in [0.5, 0.6) is 0 Å². The van der Waals surface area contributed by atoms with Crippen LogP contribution in [-0.2, 0) is 10.2 Å². The number of hydrogen-bond donors (Lipinski definition) is 3. The van der Waals surface area contributed by atoms with Gasteiger partial charge in [-0.25, -0.2) is 0 Å². The summed E-state index contributed by atoms with van der Waals surface area (Å²) in [7, 11) is -3.48. The SMILES string of the molecule is Nc1cccc2c(NC(=O)c3ccc(N4CCNS4(=O)=O)cc3)cccc12. The Balaban J connectivity index is 1.58. The minimum atomic E-state index is -3.48. The highest BCUT2D eigenvalue weighted by molar-refractivity contribution is 7.91. The van der Waals surface area contributed by atoms with E-state index in [1.807, 2.05) is 36.4 Å². The van der Waals surface area contributed by atoms with Crippen LogP contribution in [0.2, 0.25) is 0 Å². The van der Waals surface area contributed by atoms with Gasteiger partial charge in [-0.15, -0.1) is 0 Å². The van der Waals surface area contributed by atoms with Crippen molar-refractivity contribution in [3.05, 3.63) is 66.2 Å². The van der Waals surface area contributed by atoms with Crippen molar-refractivity contribution in [2.24, 2.45) is 0 Å². The van der Waals surface area contributed by atoms with Gasteiger partial charge in [0.2, 0.25) is 0 Å². The predicted octanol–water partition coefficient (Wildman–Crippen LogP) is 2.33. The van der Waals surface area contributed by atoms with E-state index in [9.17, 15) is 13.2 Å². The van der Waals surface area contributed by atoms with Crippen LogP contribution < -0.4 is 20.1 Å². The van der Waals surface area contributed by atoms with E-state index in [4.69, 9.17) is 5.73 Å². The molecular formula is C19H18N4O3S. The quantitative estimate of drug-likeness (QED) is 0.605. The molecule has 1 saturated heterocycles. The summed E-state index contributed by atoms with van der Waals surface area (Å²) in [6, 6.07) is 17.6. The number of carbonyl (C=O) groups excluding carboxylic acids is 1. The number of fused-ring (bicyclic) bond motifs is 1. The Bertz CT molecular complexity index is 1130. The molecule has 0 aromatic heterocycles. The number of anilines is 3. The lowest BCUT2D eigenvalue weighted by Gasteiger charge is -2.16. The predicted molar refractivity (Wildman–Crippen MR) is 107 cm³/mol. The summed E-state index contributed by atoms with van der Waals surface area (Å²) in [5.41, 5.74) is 8.26. The lowest BCUT2D eigenvalue weighted by molar-refractivity contribution is 0.102. The minimum Gasteiger partial charge on any atom is -0.398 e. The molecule has 1 aliphatic heterocycles. The van der Waals surface area contributed by atoms with Crippen LogP contribution in [0.4, 0.5) is 17.1 Å². The second-order valence-electron chi connectivity index (χ2n) is 6.22. The average Bonchev–Trinajstić information content (AvgIpc) is 3.02. The van der Waals surface area contributed by atoms with E-state index in [0.717, 1.165) is 10.8 Å². The fourth-order valence-electron chi connectivity index (χ4n) is 3.16. The molecule has 4 rings (SSSR count). The standard InChI is InChI=1S/C19H18N4O3S/c20-17-5-1-4-16-15(17)3-2-6-18(16)22-19(24)13-7-9-14(10-8-13)23-12-11-21-27(23,25)26/h1-10,21H,11-12,20H2,(H,22,24). The number of nitrogen functional groups attached to an aromatic ring is 1. The van der Waals surface area contributed by atoms with E-state index in [2.05, 4.69) is 10.0 Å². The van der Waals surface area contributed by atoms with Crippen LogP contribution in [0, 0.1) is 0 Å². The molecule has 138 valence electrons. The summed E-state index contributed by atoms with van der Waals surface area (Å²) in [5, 5.41) is 4.63. The fourth-order valence-corrected chi connectivity index (χ4v) is 4.39. The van der Waals surface area contributed by atoms with Crippen molar-refractivity contribution in [1.82, 2.24) is 4.72 Å². The van der Waals surface area contributed by atoms with Crippen molar-refractivity contribution in [2.75, 3.05) is 28.4 Å². The molecule has 7 nitrogen and oxygen atoms in total. The van der Waals surface area contributed by atoms with Gasteiger partial charge in [-0.05, 0) is 36.4 Å². The third kappa shape index (κ3) is 3.20. The van der Waals surface area contributed by atoms with Crippen molar-refractivity contribution < 1.29 is 13.2 Å². The molecule has 3 aromatic rings. The maximum absolute atomic E-state index is 12.6. The second kappa shape index (κ2) is 6.57. The molecule has 0 radical (unpaired) electrons. The molecule has 1 aliphatic rings. The highest BCUT2D eigenvalue weighted by atomic mass is 32.2. The first-order valence-electron chi connectivity index (χ1n) is 8.42. The zero-order valence-electron chi connectivity index (χ0n) is 14.3. The van der Waals surface area contributed by atoms with Crippen molar-refractivity contribution in [1.29, 1.82) is 0 Å². The topological polar surface area (TPSA) is 105 Å². The van der Waals surface area contributed by atoms with Gasteiger partial charge in [0.25, 0.3) is 5.91 Å². The first kappa shape index (κ1) is 17.3. The summed E-state index contributed by atoms with van der Waals surface area (Å²) in [6.07, 6.45) is 0. The van der Waals surface area contributed by atoms with E-state index in [1.165, 1.54) is 4.31 Å². The van der Waals surface area contributed by atoms with E-state index in [-0.39, 0.29) is 5.91 Å². The zero-order chi connectivity index (χ0) is 19.0. The molecule has 0 aliphatic carbocycles. The highest BCUT2D eigenvalue weighted by Crippen LogP contribution is 2.28. The van der Waals surface area contributed by atoms with Gasteiger partial charge in [0.1, 0.15) is 0 Å². The molecule has 1 amide bonds. The maximum Gasteiger partial charge on any atom is 0.301 e. The largest absolute Gasteiger partial charge is 0.398 e. The zero-order valence-corrected chi connectivity index (χ0v) is 15.2. The summed E-state index contributed by atoms with van der Waals surface area (Å²) in [4.78, 5) is 12.6. The number of hydrogen-bond acceptors (Lipinski definition) is 4. The van der Waals surface area contributed by atoms with Crippen molar-refractivity contribution in [3.8, 4) is 0 Å². The second-order valence-corrected chi connectivity index (χ2v) is 7.90. The molecule has 4 N–H and O–H groups in total. The monoisotopic (exact) mass is 382 g/mol. The summed E-state index contributed by atoms with van der Waals surface area (Å²) >= 11 is 0. The van der Waals surface area contributed by atoms with Crippen molar-refractivity contribution in [3.63, 3.8) is 0 Å². The Morgan fingerprint density at radius 2 is 1.70 bits per heavy atom. The molecular weight excluding hydrogens is 364 g/mol. The minimum absolute atomic E-state index is 0.279. The number of rotatable bonds is 3. The van der Waals surface area contributed by atoms with Crippen LogP contribution >= 0.6 is 0 Å². The van der Waals surface area contributed by atoms with Gasteiger partial charge >= 0.3 is 10.2 Å². The lowest BCUT2D eigenvalue weighted by atomic mass is 10.1. The van der Waals surface area contributed by atoms with Crippen molar-refractivity contribution >= 4 is 44.0 Å². The Hall–Kier alpha value is -3.10. The first-order valence-corrected chi connectivity index (χ1v) is 9.86. The van der Waals surface area contributed by atoms with Crippen molar-refractivity contribution in [2.45, 2.75) is 0 Å². The number of amides is 1.